The molecule has 1 aliphatic rings. The van der Waals surface area contributed by atoms with E-state index in [1.54, 1.807) is 30.3 Å². The van der Waals surface area contributed by atoms with Crippen molar-refractivity contribution in [2.24, 2.45) is 0 Å². The van der Waals surface area contributed by atoms with Crippen molar-refractivity contribution >= 4 is 11.7 Å². The van der Waals surface area contributed by atoms with Crippen LogP contribution in [0.15, 0.2) is 18.3 Å². The van der Waals surface area contributed by atoms with E-state index in [4.69, 9.17) is 0 Å². The van der Waals surface area contributed by atoms with Crippen LogP contribution in [0.3, 0.4) is 0 Å². The highest BCUT2D eigenvalue weighted by Crippen LogP contribution is 2.17. The Balaban J connectivity index is 2.18. The number of piperidine rings is 1. The number of β-amino-alcohol motifs (C(OH)–C–C–N with tert-alkyl or cyclic N) is 1. The third kappa shape index (κ3) is 2.55. The molecule has 5 heteroatoms. The number of aliphatic hydroxyl groups excluding tert-OH is 1. The molecule has 0 radical (unpaired) electrons. The summed E-state index contributed by atoms with van der Waals surface area (Å²) in [4.78, 5) is 18.1. The van der Waals surface area contributed by atoms with Crippen molar-refractivity contribution in [2.45, 2.75) is 18.9 Å². The number of carbonyl (C=O) groups excluding carboxylic acids is 1. The maximum absolute atomic E-state index is 12.3. The van der Waals surface area contributed by atoms with Crippen molar-refractivity contribution in [2.75, 3.05) is 25.5 Å². The standard InChI is InChI=1S/C12H17N3O2/c1-13-11-10(5-2-6-14-11)12(17)15-7-3-4-9(16)8-15/h2,5-6,9,16H,3-4,7-8H2,1H3,(H,13,14). The highest BCUT2D eigenvalue weighted by atomic mass is 16.3. The van der Waals surface area contributed by atoms with Gasteiger partial charge in [-0.25, -0.2) is 4.98 Å². The molecule has 2 rings (SSSR count). The highest BCUT2D eigenvalue weighted by Gasteiger charge is 2.24. The molecule has 92 valence electrons. The van der Waals surface area contributed by atoms with Crippen molar-refractivity contribution in [3.05, 3.63) is 23.9 Å². The number of likely N-dealkylation sites (tertiary alicyclic amines) is 1. The van der Waals surface area contributed by atoms with Gasteiger partial charge >= 0.3 is 0 Å². The van der Waals surface area contributed by atoms with E-state index in [-0.39, 0.29) is 5.91 Å². The Hall–Kier alpha value is -1.62. The maximum atomic E-state index is 12.3. The number of pyridine rings is 1. The molecular formula is C12H17N3O2. The predicted molar refractivity (Wildman–Crippen MR) is 64.9 cm³/mol. The van der Waals surface area contributed by atoms with Crippen molar-refractivity contribution in [1.82, 2.24) is 9.88 Å². The van der Waals surface area contributed by atoms with Gasteiger partial charge in [0.15, 0.2) is 0 Å². The van der Waals surface area contributed by atoms with Gasteiger partial charge in [0.25, 0.3) is 5.91 Å². The van der Waals surface area contributed by atoms with Crippen LogP contribution in [0, 0.1) is 0 Å². The third-order valence-corrected chi connectivity index (χ3v) is 2.96. The number of carbonyl (C=O) groups is 1. The molecule has 0 saturated carbocycles. The molecule has 1 aromatic rings. The average molecular weight is 235 g/mol. The SMILES string of the molecule is CNc1ncccc1C(=O)N1CCCC(O)C1. The zero-order valence-corrected chi connectivity index (χ0v) is 9.89. The molecule has 0 aliphatic carbocycles. The second kappa shape index (κ2) is 5.14. The predicted octanol–water partition coefficient (Wildman–Crippen LogP) is 0.720. The smallest absolute Gasteiger partial charge is 0.257 e. The second-order valence-electron chi connectivity index (χ2n) is 4.20. The summed E-state index contributed by atoms with van der Waals surface area (Å²) < 4.78 is 0. The minimum atomic E-state index is -0.401. The molecule has 0 bridgehead atoms. The lowest BCUT2D eigenvalue weighted by atomic mass is 10.1. The normalized spacial score (nSPS) is 20.1. The molecule has 0 aromatic carbocycles. The zero-order chi connectivity index (χ0) is 12.3. The Bertz CT molecular complexity index is 408. The van der Waals surface area contributed by atoms with E-state index >= 15 is 0 Å². The number of anilines is 1. The maximum Gasteiger partial charge on any atom is 0.257 e. The van der Waals surface area contributed by atoms with Gasteiger partial charge in [-0.3, -0.25) is 4.79 Å². The van der Waals surface area contributed by atoms with Gasteiger partial charge in [-0.05, 0) is 25.0 Å². The summed E-state index contributed by atoms with van der Waals surface area (Å²) in [6.45, 7) is 1.12. The summed E-state index contributed by atoms with van der Waals surface area (Å²) in [6, 6.07) is 3.50. The summed E-state index contributed by atoms with van der Waals surface area (Å²) >= 11 is 0. The molecule has 2 N–H and O–H groups in total. The number of nitrogens with zero attached hydrogens (tertiary/aromatic N) is 2. The molecule has 1 amide bonds. The summed E-state index contributed by atoms with van der Waals surface area (Å²) in [5, 5.41) is 12.5. The first-order chi connectivity index (χ1) is 8.22. The average Bonchev–Trinajstić information content (AvgIpc) is 2.38. The van der Waals surface area contributed by atoms with E-state index in [1.165, 1.54) is 0 Å². The molecule has 1 saturated heterocycles. The zero-order valence-electron chi connectivity index (χ0n) is 9.89. The Kier molecular flexibility index (Phi) is 3.58. The fraction of sp³-hybridized carbons (Fsp3) is 0.500. The molecule has 1 unspecified atom stereocenters. The molecule has 1 atom stereocenters. The molecule has 1 fully saturated rings. The number of hydrogen-bond acceptors (Lipinski definition) is 4. The van der Waals surface area contributed by atoms with E-state index in [0.717, 1.165) is 12.8 Å². The largest absolute Gasteiger partial charge is 0.391 e. The van der Waals surface area contributed by atoms with E-state index in [1.807, 2.05) is 0 Å². The fourth-order valence-electron chi connectivity index (χ4n) is 2.09. The minimum absolute atomic E-state index is 0.0683. The number of nitrogens with one attached hydrogen (secondary N) is 1. The first-order valence-corrected chi connectivity index (χ1v) is 5.82. The van der Waals surface area contributed by atoms with Gasteiger partial charge < -0.3 is 15.3 Å². The van der Waals surface area contributed by atoms with E-state index in [0.29, 0.717) is 24.5 Å². The van der Waals surface area contributed by atoms with Crippen molar-refractivity contribution in [3.63, 3.8) is 0 Å². The Morgan fingerprint density at radius 3 is 3.18 bits per heavy atom. The van der Waals surface area contributed by atoms with Crippen LogP contribution in [0.1, 0.15) is 23.2 Å². The Labute approximate surface area is 100 Å². The van der Waals surface area contributed by atoms with Crippen LogP contribution in [-0.4, -0.2) is 47.1 Å². The van der Waals surface area contributed by atoms with E-state index < -0.39 is 6.10 Å². The third-order valence-electron chi connectivity index (χ3n) is 2.96. The van der Waals surface area contributed by atoms with Crippen LogP contribution in [0.5, 0.6) is 0 Å². The number of aromatic nitrogens is 1. The lowest BCUT2D eigenvalue weighted by molar-refractivity contribution is 0.0474. The van der Waals surface area contributed by atoms with Crippen molar-refractivity contribution < 1.29 is 9.90 Å². The second-order valence-corrected chi connectivity index (χ2v) is 4.20. The van der Waals surface area contributed by atoms with Gasteiger partial charge in [-0.1, -0.05) is 0 Å². The van der Waals surface area contributed by atoms with Crippen LogP contribution in [0.25, 0.3) is 0 Å². The fourth-order valence-corrected chi connectivity index (χ4v) is 2.09. The van der Waals surface area contributed by atoms with Gasteiger partial charge in [-0.2, -0.15) is 0 Å². The highest BCUT2D eigenvalue weighted by molar-refractivity contribution is 5.98. The number of aliphatic hydroxyl groups is 1. The number of rotatable bonds is 2. The lowest BCUT2D eigenvalue weighted by Crippen LogP contribution is -2.42. The van der Waals surface area contributed by atoms with Crippen LogP contribution in [-0.2, 0) is 0 Å². The van der Waals surface area contributed by atoms with Gasteiger partial charge in [0.2, 0.25) is 0 Å². The van der Waals surface area contributed by atoms with Crippen LogP contribution in [0.2, 0.25) is 0 Å². The summed E-state index contributed by atoms with van der Waals surface area (Å²) in [6.07, 6.45) is 2.87. The Morgan fingerprint density at radius 1 is 1.65 bits per heavy atom. The lowest BCUT2D eigenvalue weighted by Gasteiger charge is -2.30. The molecule has 0 spiro atoms. The first kappa shape index (κ1) is 11.9. The molecule has 1 aromatic heterocycles. The molecule has 1 aliphatic heterocycles. The minimum Gasteiger partial charge on any atom is -0.391 e. The quantitative estimate of drug-likeness (QED) is 0.792. The molecule has 5 nitrogen and oxygen atoms in total. The van der Waals surface area contributed by atoms with Gasteiger partial charge in [0.05, 0.1) is 11.7 Å². The van der Waals surface area contributed by atoms with Gasteiger partial charge in [-0.15, -0.1) is 0 Å². The van der Waals surface area contributed by atoms with Crippen LogP contribution < -0.4 is 5.32 Å². The first-order valence-electron chi connectivity index (χ1n) is 5.82. The van der Waals surface area contributed by atoms with Crippen molar-refractivity contribution in [1.29, 1.82) is 0 Å². The Morgan fingerprint density at radius 2 is 2.47 bits per heavy atom. The van der Waals surface area contributed by atoms with Crippen molar-refractivity contribution in [3.8, 4) is 0 Å². The summed E-state index contributed by atoms with van der Waals surface area (Å²) in [7, 11) is 1.74. The van der Waals surface area contributed by atoms with Gasteiger partial charge in [0.1, 0.15) is 5.82 Å². The van der Waals surface area contributed by atoms with E-state index in [9.17, 15) is 9.90 Å². The topological polar surface area (TPSA) is 65.5 Å². The summed E-state index contributed by atoms with van der Waals surface area (Å²) in [5.74, 6) is 0.513. The van der Waals surface area contributed by atoms with E-state index in [2.05, 4.69) is 10.3 Å². The number of amides is 1. The molecule has 17 heavy (non-hydrogen) atoms. The summed E-state index contributed by atoms with van der Waals surface area (Å²) in [5.41, 5.74) is 0.559. The monoisotopic (exact) mass is 235 g/mol. The van der Waals surface area contributed by atoms with Gasteiger partial charge in [0, 0.05) is 26.3 Å². The molecule has 2 heterocycles. The molecular weight excluding hydrogens is 218 g/mol. The van der Waals surface area contributed by atoms with Crippen LogP contribution >= 0.6 is 0 Å². The van der Waals surface area contributed by atoms with Crippen LogP contribution in [0.4, 0.5) is 5.82 Å². The number of hydrogen-bond donors (Lipinski definition) is 2.